The molecule has 1 atom stereocenters. The average molecular weight is 625 g/mol. The van der Waals surface area contributed by atoms with E-state index in [0.717, 1.165) is 21.7 Å². The van der Waals surface area contributed by atoms with E-state index in [1.54, 1.807) is 37.3 Å². The molecular weight excluding hydrogens is 593 g/mol. The summed E-state index contributed by atoms with van der Waals surface area (Å²) in [7, 11) is -3.90. The molecule has 1 N–H and O–H groups in total. The number of benzene rings is 3. The van der Waals surface area contributed by atoms with Crippen molar-refractivity contribution in [2.24, 2.45) is 0 Å². The third-order valence-electron chi connectivity index (χ3n) is 6.16. The number of sulfonamides is 1. The van der Waals surface area contributed by atoms with E-state index in [-0.39, 0.29) is 30.6 Å². The van der Waals surface area contributed by atoms with Crippen LogP contribution in [-0.4, -0.2) is 50.0 Å². The van der Waals surface area contributed by atoms with Crippen molar-refractivity contribution >= 4 is 62.3 Å². The summed E-state index contributed by atoms with van der Waals surface area (Å²) in [6.45, 7) is 4.90. The van der Waals surface area contributed by atoms with Crippen LogP contribution in [0.25, 0.3) is 0 Å². The highest BCUT2D eigenvalue weighted by Crippen LogP contribution is 2.27. The standard InChI is InChI=1S/C29H32Cl3N3O4S/c1-19(2)33-29(37)27(15-21-8-6-5-7-9-21)34(17-22-11-13-24(30)26(32)14-22)28(36)18-35(40(4,38)39)23-12-10-20(3)25(31)16-23/h5-14,16,19,27H,15,17-18H2,1-4H3,(H,33,37)/t27-/m0/s1. The van der Waals surface area contributed by atoms with E-state index in [4.69, 9.17) is 34.8 Å². The van der Waals surface area contributed by atoms with Gasteiger partial charge in [-0.25, -0.2) is 8.42 Å². The van der Waals surface area contributed by atoms with Gasteiger partial charge in [-0.2, -0.15) is 0 Å². The van der Waals surface area contributed by atoms with Crippen LogP contribution in [0, 0.1) is 6.92 Å². The number of anilines is 1. The first-order valence-electron chi connectivity index (χ1n) is 12.6. The van der Waals surface area contributed by atoms with E-state index in [9.17, 15) is 18.0 Å². The monoisotopic (exact) mass is 623 g/mol. The second-order valence-electron chi connectivity index (χ2n) is 9.84. The predicted molar refractivity (Wildman–Crippen MR) is 163 cm³/mol. The van der Waals surface area contributed by atoms with Crippen LogP contribution in [0.3, 0.4) is 0 Å². The van der Waals surface area contributed by atoms with E-state index >= 15 is 0 Å². The van der Waals surface area contributed by atoms with Crippen molar-refractivity contribution < 1.29 is 18.0 Å². The fraction of sp³-hybridized carbons (Fsp3) is 0.310. The summed E-state index contributed by atoms with van der Waals surface area (Å²) in [4.78, 5) is 29.0. The molecule has 0 spiro atoms. The van der Waals surface area contributed by atoms with E-state index in [1.165, 1.54) is 11.0 Å². The lowest BCUT2D eigenvalue weighted by Gasteiger charge is -2.34. The van der Waals surface area contributed by atoms with Crippen molar-refractivity contribution in [2.75, 3.05) is 17.1 Å². The van der Waals surface area contributed by atoms with Gasteiger partial charge < -0.3 is 10.2 Å². The number of nitrogens with one attached hydrogen (secondary N) is 1. The second-order valence-corrected chi connectivity index (χ2v) is 13.0. The van der Waals surface area contributed by atoms with Gasteiger partial charge in [-0.05, 0) is 61.7 Å². The SMILES string of the molecule is Cc1ccc(N(CC(=O)N(Cc2ccc(Cl)c(Cl)c2)[C@@H](Cc2ccccc2)C(=O)NC(C)C)S(C)(=O)=O)cc1Cl. The van der Waals surface area contributed by atoms with Gasteiger partial charge in [0.25, 0.3) is 0 Å². The molecule has 40 heavy (non-hydrogen) atoms. The Bertz CT molecular complexity index is 1470. The maximum Gasteiger partial charge on any atom is 0.244 e. The number of hydrogen-bond donors (Lipinski definition) is 1. The number of carbonyl (C=O) groups excluding carboxylic acids is 2. The van der Waals surface area contributed by atoms with Crippen LogP contribution in [0.15, 0.2) is 66.7 Å². The lowest BCUT2D eigenvalue weighted by molar-refractivity contribution is -0.140. The fourth-order valence-electron chi connectivity index (χ4n) is 4.12. The van der Waals surface area contributed by atoms with Crippen molar-refractivity contribution in [3.8, 4) is 0 Å². The summed E-state index contributed by atoms with van der Waals surface area (Å²) >= 11 is 18.6. The van der Waals surface area contributed by atoms with Gasteiger partial charge in [-0.15, -0.1) is 0 Å². The minimum Gasteiger partial charge on any atom is -0.352 e. The summed E-state index contributed by atoms with van der Waals surface area (Å²) in [5, 5.41) is 3.91. The Hall–Kier alpha value is -2.78. The van der Waals surface area contributed by atoms with E-state index in [2.05, 4.69) is 5.32 Å². The van der Waals surface area contributed by atoms with E-state index in [0.29, 0.717) is 20.6 Å². The van der Waals surface area contributed by atoms with Crippen LogP contribution in [-0.2, 0) is 32.6 Å². The highest BCUT2D eigenvalue weighted by Gasteiger charge is 2.33. The fourth-order valence-corrected chi connectivity index (χ4v) is 5.46. The first-order chi connectivity index (χ1) is 18.8. The van der Waals surface area contributed by atoms with Crippen LogP contribution < -0.4 is 9.62 Å². The molecule has 0 aliphatic heterocycles. The van der Waals surface area contributed by atoms with E-state index < -0.39 is 28.5 Å². The first kappa shape index (κ1) is 31.7. The van der Waals surface area contributed by atoms with Gasteiger partial charge in [0.05, 0.1) is 22.0 Å². The lowest BCUT2D eigenvalue weighted by atomic mass is 10.0. The smallest absolute Gasteiger partial charge is 0.244 e. The van der Waals surface area contributed by atoms with Gasteiger partial charge in [0, 0.05) is 24.0 Å². The molecule has 3 rings (SSSR count). The number of carbonyl (C=O) groups is 2. The summed E-state index contributed by atoms with van der Waals surface area (Å²) in [6.07, 6.45) is 1.23. The largest absolute Gasteiger partial charge is 0.352 e. The van der Waals surface area contributed by atoms with Crippen molar-refractivity contribution in [3.05, 3.63) is 98.5 Å². The molecule has 0 saturated heterocycles. The molecule has 0 fully saturated rings. The molecule has 0 aliphatic rings. The van der Waals surface area contributed by atoms with Crippen LogP contribution in [0.5, 0.6) is 0 Å². The maximum atomic E-state index is 14.1. The zero-order chi connectivity index (χ0) is 29.6. The normalized spacial score (nSPS) is 12.2. The van der Waals surface area contributed by atoms with Crippen LogP contribution in [0.4, 0.5) is 5.69 Å². The van der Waals surface area contributed by atoms with Crippen LogP contribution >= 0.6 is 34.8 Å². The van der Waals surface area contributed by atoms with Crippen LogP contribution in [0.2, 0.25) is 15.1 Å². The van der Waals surface area contributed by atoms with Crippen molar-refractivity contribution in [1.82, 2.24) is 10.2 Å². The molecule has 214 valence electrons. The third kappa shape index (κ3) is 8.61. The topological polar surface area (TPSA) is 86.8 Å². The Kier molecular flexibility index (Phi) is 10.9. The van der Waals surface area contributed by atoms with Gasteiger partial charge in [0.1, 0.15) is 12.6 Å². The molecule has 0 radical (unpaired) electrons. The number of aryl methyl sites for hydroxylation is 1. The Morgan fingerprint density at radius 3 is 2.12 bits per heavy atom. The zero-order valence-electron chi connectivity index (χ0n) is 22.7. The Morgan fingerprint density at radius 1 is 0.875 bits per heavy atom. The molecule has 0 aromatic heterocycles. The van der Waals surface area contributed by atoms with Crippen molar-refractivity contribution in [3.63, 3.8) is 0 Å². The molecule has 0 heterocycles. The molecule has 2 amide bonds. The molecule has 0 bridgehead atoms. The number of amides is 2. The lowest BCUT2D eigenvalue weighted by Crippen LogP contribution is -2.54. The molecule has 0 unspecified atom stereocenters. The highest BCUT2D eigenvalue weighted by atomic mass is 35.5. The highest BCUT2D eigenvalue weighted by molar-refractivity contribution is 7.92. The summed E-state index contributed by atoms with van der Waals surface area (Å²) in [6, 6.07) is 17.9. The van der Waals surface area contributed by atoms with Crippen LogP contribution in [0.1, 0.15) is 30.5 Å². The van der Waals surface area contributed by atoms with Gasteiger partial charge in [-0.3, -0.25) is 13.9 Å². The predicted octanol–water partition coefficient (Wildman–Crippen LogP) is 5.89. The maximum absolute atomic E-state index is 14.1. The summed E-state index contributed by atoms with van der Waals surface area (Å²) in [5.41, 5.74) is 2.47. The van der Waals surface area contributed by atoms with Gasteiger partial charge in [0.2, 0.25) is 21.8 Å². The number of halogens is 3. The van der Waals surface area contributed by atoms with Gasteiger partial charge in [0.15, 0.2) is 0 Å². The minimum atomic E-state index is -3.90. The first-order valence-corrected chi connectivity index (χ1v) is 15.6. The molecule has 3 aromatic carbocycles. The molecule has 7 nitrogen and oxygen atoms in total. The second kappa shape index (κ2) is 13.7. The zero-order valence-corrected chi connectivity index (χ0v) is 25.8. The Balaban J connectivity index is 2.08. The van der Waals surface area contributed by atoms with Crippen molar-refractivity contribution in [1.29, 1.82) is 0 Å². The summed E-state index contributed by atoms with van der Waals surface area (Å²) in [5.74, 6) is -0.940. The van der Waals surface area contributed by atoms with Crippen molar-refractivity contribution in [2.45, 2.75) is 45.8 Å². The molecule has 3 aromatic rings. The van der Waals surface area contributed by atoms with Gasteiger partial charge >= 0.3 is 0 Å². The quantitative estimate of drug-likeness (QED) is 0.289. The number of hydrogen-bond acceptors (Lipinski definition) is 4. The molecular formula is C29H32Cl3N3O4S. The summed E-state index contributed by atoms with van der Waals surface area (Å²) < 4.78 is 26.7. The Labute approximate surface area is 251 Å². The Morgan fingerprint density at radius 2 is 1.55 bits per heavy atom. The number of rotatable bonds is 11. The number of nitrogens with zero attached hydrogens (tertiary/aromatic N) is 2. The average Bonchev–Trinajstić information content (AvgIpc) is 2.88. The third-order valence-corrected chi connectivity index (χ3v) is 8.45. The van der Waals surface area contributed by atoms with E-state index in [1.807, 2.05) is 44.2 Å². The molecule has 11 heteroatoms. The molecule has 0 saturated carbocycles. The molecule has 0 aliphatic carbocycles. The van der Waals surface area contributed by atoms with Gasteiger partial charge in [-0.1, -0.05) is 77.3 Å². The minimum absolute atomic E-state index is 0.00893.